The normalized spacial score (nSPS) is 12.9. The van der Waals surface area contributed by atoms with E-state index in [-0.39, 0.29) is 24.1 Å². The lowest BCUT2D eigenvalue weighted by Crippen LogP contribution is -2.00. The van der Waals surface area contributed by atoms with E-state index in [0.717, 1.165) is 0 Å². The van der Waals surface area contributed by atoms with Crippen molar-refractivity contribution in [1.82, 2.24) is 0 Å². The van der Waals surface area contributed by atoms with Gasteiger partial charge in [0.05, 0.1) is 4.47 Å². The lowest BCUT2D eigenvalue weighted by molar-refractivity contribution is -0.136. The van der Waals surface area contributed by atoms with Gasteiger partial charge in [0, 0.05) is 6.42 Å². The predicted molar refractivity (Wildman–Crippen MR) is 56.2 cm³/mol. The van der Waals surface area contributed by atoms with Crippen LogP contribution in [-0.2, 0) is 11.2 Å². The second-order valence-corrected chi connectivity index (χ2v) is 4.08. The van der Waals surface area contributed by atoms with Crippen molar-refractivity contribution in [3.8, 4) is 11.5 Å². The summed E-state index contributed by atoms with van der Waals surface area (Å²) in [6.45, 7) is 0.0513. The van der Waals surface area contributed by atoms with Gasteiger partial charge >= 0.3 is 5.97 Å². The molecule has 1 heterocycles. The Hall–Kier alpha value is -1.30. The number of carboxylic acids is 1. The van der Waals surface area contributed by atoms with Gasteiger partial charge in [0.1, 0.15) is 5.82 Å². The first-order chi connectivity index (χ1) is 7.59. The number of benzene rings is 1. The lowest BCUT2D eigenvalue weighted by Gasteiger charge is -2.06. The number of fused-ring (bicyclic) bond motifs is 1. The van der Waals surface area contributed by atoms with Crippen molar-refractivity contribution in [3.63, 3.8) is 0 Å². The van der Waals surface area contributed by atoms with Crippen molar-refractivity contribution < 1.29 is 23.8 Å². The fourth-order valence-corrected chi connectivity index (χ4v) is 2.02. The molecule has 86 valence electrons. The summed E-state index contributed by atoms with van der Waals surface area (Å²) in [4.78, 5) is 10.4. The molecule has 1 aromatic rings. The predicted octanol–water partition coefficient (Wildman–Crippen LogP) is 2.33. The van der Waals surface area contributed by atoms with E-state index in [2.05, 4.69) is 15.9 Å². The van der Waals surface area contributed by atoms with E-state index < -0.39 is 11.8 Å². The minimum atomic E-state index is -0.965. The van der Waals surface area contributed by atoms with Crippen LogP contribution < -0.4 is 9.47 Å². The third-order valence-electron chi connectivity index (χ3n) is 2.23. The average Bonchev–Trinajstić information content (AvgIpc) is 2.69. The molecule has 1 aromatic carbocycles. The van der Waals surface area contributed by atoms with Crippen LogP contribution in [0.15, 0.2) is 10.5 Å². The molecule has 2 rings (SSSR count). The van der Waals surface area contributed by atoms with Crippen LogP contribution in [0, 0.1) is 5.82 Å². The SMILES string of the molecule is O=C(O)CCc1cc2c(c(Br)c1F)OCO2. The van der Waals surface area contributed by atoms with E-state index in [4.69, 9.17) is 14.6 Å². The average molecular weight is 291 g/mol. The van der Waals surface area contributed by atoms with Gasteiger partial charge in [0.2, 0.25) is 6.79 Å². The number of hydrogen-bond acceptors (Lipinski definition) is 3. The number of aryl methyl sites for hydroxylation is 1. The minimum absolute atomic E-state index is 0.0513. The summed E-state index contributed by atoms with van der Waals surface area (Å²) in [6.07, 6.45) is -0.000585. The van der Waals surface area contributed by atoms with Crippen molar-refractivity contribution in [2.75, 3.05) is 6.79 Å². The number of carbonyl (C=O) groups is 1. The Labute approximate surface area is 99.1 Å². The Balaban J connectivity index is 2.32. The minimum Gasteiger partial charge on any atom is -0.481 e. The fourth-order valence-electron chi connectivity index (χ4n) is 1.45. The highest BCUT2D eigenvalue weighted by Gasteiger charge is 2.23. The number of hydrogen-bond donors (Lipinski definition) is 1. The molecule has 16 heavy (non-hydrogen) atoms. The molecule has 0 unspecified atom stereocenters. The first-order valence-electron chi connectivity index (χ1n) is 4.58. The van der Waals surface area contributed by atoms with Crippen LogP contribution >= 0.6 is 15.9 Å². The van der Waals surface area contributed by atoms with Crippen molar-refractivity contribution in [3.05, 3.63) is 21.9 Å². The molecule has 0 aliphatic carbocycles. The summed E-state index contributed by atoms with van der Waals surface area (Å²) >= 11 is 3.06. The zero-order valence-electron chi connectivity index (χ0n) is 8.13. The molecule has 0 atom stereocenters. The maximum atomic E-state index is 13.7. The molecule has 0 spiro atoms. The molecule has 0 saturated carbocycles. The number of halogens is 2. The summed E-state index contributed by atoms with van der Waals surface area (Å²) in [5, 5.41) is 8.54. The van der Waals surface area contributed by atoms with Crippen molar-refractivity contribution in [1.29, 1.82) is 0 Å². The van der Waals surface area contributed by atoms with Gasteiger partial charge in [-0.25, -0.2) is 4.39 Å². The standard InChI is InChI=1S/C10H8BrFO4/c11-8-9(12)5(1-2-7(13)14)3-6-10(8)16-4-15-6/h3H,1-2,4H2,(H,13,14). The highest BCUT2D eigenvalue weighted by Crippen LogP contribution is 2.42. The summed E-state index contributed by atoms with van der Waals surface area (Å²) < 4.78 is 24.1. The van der Waals surface area contributed by atoms with Crippen LogP contribution in [0.25, 0.3) is 0 Å². The Kier molecular flexibility index (Phi) is 3.00. The molecule has 0 saturated heterocycles. The highest BCUT2D eigenvalue weighted by atomic mass is 79.9. The molecule has 0 fully saturated rings. The van der Waals surface area contributed by atoms with Gasteiger partial charge in [-0.05, 0) is 34.0 Å². The third-order valence-corrected chi connectivity index (χ3v) is 2.94. The zero-order valence-corrected chi connectivity index (χ0v) is 9.71. The van der Waals surface area contributed by atoms with Gasteiger partial charge in [-0.15, -0.1) is 0 Å². The van der Waals surface area contributed by atoms with E-state index in [1.807, 2.05) is 0 Å². The van der Waals surface area contributed by atoms with Crippen LogP contribution in [-0.4, -0.2) is 17.9 Å². The molecule has 0 aromatic heterocycles. The maximum Gasteiger partial charge on any atom is 0.303 e. The van der Waals surface area contributed by atoms with E-state index in [0.29, 0.717) is 17.1 Å². The molecule has 6 heteroatoms. The lowest BCUT2D eigenvalue weighted by atomic mass is 10.1. The van der Waals surface area contributed by atoms with Crippen molar-refractivity contribution in [2.24, 2.45) is 0 Å². The van der Waals surface area contributed by atoms with Crippen LogP contribution in [0.3, 0.4) is 0 Å². The van der Waals surface area contributed by atoms with Crippen molar-refractivity contribution >= 4 is 21.9 Å². The largest absolute Gasteiger partial charge is 0.481 e. The van der Waals surface area contributed by atoms with Crippen LogP contribution in [0.5, 0.6) is 11.5 Å². The van der Waals surface area contributed by atoms with Gasteiger partial charge in [-0.3, -0.25) is 4.79 Å². The Morgan fingerprint density at radius 3 is 3.00 bits per heavy atom. The first kappa shape index (κ1) is 11.2. The molecule has 1 N–H and O–H groups in total. The second kappa shape index (κ2) is 4.29. The van der Waals surface area contributed by atoms with Gasteiger partial charge < -0.3 is 14.6 Å². The summed E-state index contributed by atoms with van der Waals surface area (Å²) in [6, 6.07) is 1.48. The van der Waals surface area contributed by atoms with Crippen LogP contribution in [0.4, 0.5) is 4.39 Å². The molecule has 0 bridgehead atoms. The number of rotatable bonds is 3. The fraction of sp³-hybridized carbons (Fsp3) is 0.300. The number of aliphatic carboxylic acids is 1. The second-order valence-electron chi connectivity index (χ2n) is 3.29. The molecular weight excluding hydrogens is 283 g/mol. The van der Waals surface area contributed by atoms with Gasteiger partial charge in [0.15, 0.2) is 11.5 Å². The highest BCUT2D eigenvalue weighted by molar-refractivity contribution is 9.10. The smallest absolute Gasteiger partial charge is 0.303 e. The zero-order chi connectivity index (χ0) is 11.7. The Morgan fingerprint density at radius 2 is 2.31 bits per heavy atom. The Bertz CT molecular complexity index is 447. The molecule has 0 amide bonds. The van der Waals surface area contributed by atoms with E-state index in [1.165, 1.54) is 6.07 Å². The Morgan fingerprint density at radius 1 is 1.56 bits per heavy atom. The third kappa shape index (κ3) is 1.97. The monoisotopic (exact) mass is 290 g/mol. The molecule has 1 aliphatic rings. The quantitative estimate of drug-likeness (QED) is 0.928. The van der Waals surface area contributed by atoms with E-state index >= 15 is 0 Å². The topological polar surface area (TPSA) is 55.8 Å². The summed E-state index contributed by atoms with van der Waals surface area (Å²) in [7, 11) is 0. The molecule has 1 aliphatic heterocycles. The summed E-state index contributed by atoms with van der Waals surface area (Å²) in [5.74, 6) is -0.691. The summed E-state index contributed by atoms with van der Waals surface area (Å²) in [5.41, 5.74) is 0.304. The maximum absolute atomic E-state index is 13.7. The van der Waals surface area contributed by atoms with E-state index in [9.17, 15) is 9.18 Å². The molecule has 4 nitrogen and oxygen atoms in total. The number of carboxylic acid groups (broad SMARTS) is 1. The van der Waals surface area contributed by atoms with Crippen LogP contribution in [0.2, 0.25) is 0 Å². The first-order valence-corrected chi connectivity index (χ1v) is 5.37. The van der Waals surface area contributed by atoms with Crippen LogP contribution in [0.1, 0.15) is 12.0 Å². The number of ether oxygens (including phenoxy) is 2. The van der Waals surface area contributed by atoms with Gasteiger partial charge in [0.25, 0.3) is 0 Å². The van der Waals surface area contributed by atoms with Crippen molar-refractivity contribution in [2.45, 2.75) is 12.8 Å². The van der Waals surface area contributed by atoms with Gasteiger partial charge in [-0.1, -0.05) is 0 Å². The molecule has 0 radical (unpaired) electrons. The van der Waals surface area contributed by atoms with Gasteiger partial charge in [-0.2, -0.15) is 0 Å². The molecular formula is C10H8BrFO4. The van der Waals surface area contributed by atoms with E-state index in [1.54, 1.807) is 0 Å².